The molecule has 3 aromatic heterocycles. The fourth-order valence-corrected chi connectivity index (χ4v) is 2.89. The van der Waals surface area contributed by atoms with Crippen LogP contribution in [-0.2, 0) is 20.5 Å². The summed E-state index contributed by atoms with van der Waals surface area (Å²) in [6.45, 7) is 6.00. The van der Waals surface area contributed by atoms with Gasteiger partial charge in [-0.2, -0.15) is 10.2 Å². The van der Waals surface area contributed by atoms with Gasteiger partial charge in [-0.3, -0.25) is 9.25 Å². The molecule has 0 aliphatic rings. The maximum atomic E-state index is 6.35. The van der Waals surface area contributed by atoms with E-state index in [0.717, 1.165) is 40.5 Å². The highest BCUT2D eigenvalue weighted by atomic mass is 35.5. The van der Waals surface area contributed by atoms with Crippen LogP contribution in [0.25, 0.3) is 16.9 Å². The van der Waals surface area contributed by atoms with E-state index in [1.54, 1.807) is 4.68 Å². The van der Waals surface area contributed by atoms with Crippen molar-refractivity contribution in [1.82, 2.24) is 29.1 Å². The molecule has 1 unspecified atom stereocenters. The van der Waals surface area contributed by atoms with Gasteiger partial charge in [-0.1, -0.05) is 6.92 Å². The molecule has 0 fully saturated rings. The van der Waals surface area contributed by atoms with Crippen molar-refractivity contribution in [1.29, 1.82) is 0 Å². The minimum absolute atomic E-state index is 0.193. The number of aromatic nitrogens is 6. The molecule has 0 amide bonds. The molecule has 112 valence electrons. The van der Waals surface area contributed by atoms with Crippen LogP contribution in [-0.4, -0.2) is 29.1 Å². The minimum Gasteiger partial charge on any atom is -0.276 e. The third-order valence-electron chi connectivity index (χ3n) is 3.65. The topological polar surface area (TPSA) is 53.5 Å². The number of halogens is 1. The first-order valence-electron chi connectivity index (χ1n) is 7.03. The van der Waals surface area contributed by atoms with Crippen molar-refractivity contribution >= 4 is 22.8 Å². The molecule has 1 atom stereocenters. The van der Waals surface area contributed by atoms with E-state index in [9.17, 15) is 0 Å². The van der Waals surface area contributed by atoms with E-state index in [1.807, 2.05) is 38.8 Å². The van der Waals surface area contributed by atoms with Crippen LogP contribution in [0.5, 0.6) is 0 Å². The number of aryl methyl sites for hydroxylation is 4. The third kappa shape index (κ3) is 2.05. The Morgan fingerprint density at radius 1 is 1.29 bits per heavy atom. The Balaban J connectivity index is 2.41. The quantitative estimate of drug-likeness (QED) is 0.699. The van der Waals surface area contributed by atoms with E-state index in [2.05, 4.69) is 21.7 Å². The lowest BCUT2D eigenvalue weighted by molar-refractivity contribution is 0.737. The Morgan fingerprint density at radius 2 is 2.00 bits per heavy atom. The van der Waals surface area contributed by atoms with Crippen molar-refractivity contribution in [2.24, 2.45) is 14.1 Å². The lowest BCUT2D eigenvalue weighted by Crippen LogP contribution is -2.06. The smallest absolute Gasteiger partial charge is 0.163 e. The molecule has 0 N–H and O–H groups in total. The zero-order valence-electron chi connectivity index (χ0n) is 12.9. The van der Waals surface area contributed by atoms with Crippen molar-refractivity contribution < 1.29 is 0 Å². The van der Waals surface area contributed by atoms with Gasteiger partial charge in [0.15, 0.2) is 5.65 Å². The highest BCUT2D eigenvalue weighted by molar-refractivity contribution is 6.20. The zero-order chi connectivity index (χ0) is 15.3. The summed E-state index contributed by atoms with van der Waals surface area (Å²) < 4.78 is 5.74. The molecule has 0 aromatic carbocycles. The van der Waals surface area contributed by atoms with Crippen LogP contribution in [0.2, 0.25) is 0 Å². The van der Waals surface area contributed by atoms with Crippen molar-refractivity contribution in [3.63, 3.8) is 0 Å². The summed E-state index contributed by atoms with van der Waals surface area (Å²) in [7, 11) is 3.85. The summed E-state index contributed by atoms with van der Waals surface area (Å²) in [5, 5.41) is 8.79. The van der Waals surface area contributed by atoms with E-state index < -0.39 is 0 Å². The van der Waals surface area contributed by atoms with Crippen molar-refractivity contribution in [3.8, 4) is 5.69 Å². The number of alkyl halides is 1. The fourth-order valence-electron chi connectivity index (χ4n) is 2.75. The largest absolute Gasteiger partial charge is 0.276 e. The first-order chi connectivity index (χ1) is 9.93. The van der Waals surface area contributed by atoms with E-state index >= 15 is 0 Å². The van der Waals surface area contributed by atoms with Crippen LogP contribution in [0.4, 0.5) is 0 Å². The number of hydrogen-bond acceptors (Lipinski definition) is 3. The number of hydrogen-bond donors (Lipinski definition) is 0. The average Bonchev–Trinajstić information content (AvgIpc) is 3.03. The molecule has 0 aliphatic carbocycles. The summed E-state index contributed by atoms with van der Waals surface area (Å²) in [5.74, 6) is 0.825. The average molecular weight is 307 g/mol. The monoisotopic (exact) mass is 306 g/mol. The van der Waals surface area contributed by atoms with Gasteiger partial charge < -0.3 is 0 Å². The van der Waals surface area contributed by atoms with Crippen molar-refractivity contribution in [3.05, 3.63) is 23.4 Å². The van der Waals surface area contributed by atoms with Gasteiger partial charge >= 0.3 is 0 Å². The predicted molar refractivity (Wildman–Crippen MR) is 83.0 cm³/mol. The second-order valence-corrected chi connectivity index (χ2v) is 5.95. The summed E-state index contributed by atoms with van der Waals surface area (Å²) in [6, 6.07) is 0. The van der Waals surface area contributed by atoms with E-state index in [1.165, 1.54) is 0 Å². The Bertz CT molecular complexity index is 807. The Labute approximate surface area is 128 Å². The second-order valence-electron chi connectivity index (χ2n) is 5.29. The molecule has 0 spiro atoms. The SMILES string of the molecule is CCc1nn(C)c2c1nc(C(C)Cl)n2-c1cn(C)nc1C. The Morgan fingerprint density at radius 3 is 2.52 bits per heavy atom. The van der Waals surface area contributed by atoms with Gasteiger partial charge in [0.1, 0.15) is 11.3 Å². The van der Waals surface area contributed by atoms with Crippen LogP contribution in [0.3, 0.4) is 0 Å². The molecular formula is C14H19ClN6. The first kappa shape index (κ1) is 14.1. The zero-order valence-corrected chi connectivity index (χ0v) is 13.7. The van der Waals surface area contributed by atoms with E-state index in [0.29, 0.717) is 0 Å². The second kappa shape index (κ2) is 4.87. The molecule has 3 rings (SSSR count). The number of rotatable bonds is 3. The van der Waals surface area contributed by atoms with Crippen molar-refractivity contribution in [2.75, 3.05) is 0 Å². The van der Waals surface area contributed by atoms with Gasteiger partial charge in [0, 0.05) is 20.3 Å². The van der Waals surface area contributed by atoms with Crippen LogP contribution < -0.4 is 0 Å². The van der Waals surface area contributed by atoms with Gasteiger partial charge in [-0.15, -0.1) is 11.6 Å². The molecule has 21 heavy (non-hydrogen) atoms. The maximum absolute atomic E-state index is 6.35. The molecule has 6 nitrogen and oxygen atoms in total. The molecule has 3 aromatic rings. The standard InChI is InChI=1S/C14H19ClN6/c1-6-10-12-14(20(5)18-10)21(13(16-12)8(2)15)11-7-19(4)17-9(11)3/h7-8H,6H2,1-5H3. The molecule has 0 aliphatic heterocycles. The van der Waals surface area contributed by atoms with Gasteiger partial charge in [-0.05, 0) is 20.3 Å². The number of nitrogens with zero attached hydrogens (tertiary/aromatic N) is 6. The molecule has 0 saturated heterocycles. The lowest BCUT2D eigenvalue weighted by Gasteiger charge is -2.09. The number of fused-ring (bicyclic) bond motifs is 1. The highest BCUT2D eigenvalue weighted by Gasteiger charge is 2.23. The Kier molecular flexibility index (Phi) is 3.28. The van der Waals surface area contributed by atoms with E-state index in [4.69, 9.17) is 16.6 Å². The van der Waals surface area contributed by atoms with E-state index in [-0.39, 0.29) is 5.38 Å². The van der Waals surface area contributed by atoms with Gasteiger partial charge in [-0.25, -0.2) is 9.67 Å². The fraction of sp³-hybridized carbons (Fsp3) is 0.500. The summed E-state index contributed by atoms with van der Waals surface area (Å²) >= 11 is 6.35. The van der Waals surface area contributed by atoms with Gasteiger partial charge in [0.05, 0.1) is 22.5 Å². The molecule has 0 saturated carbocycles. The molecule has 0 radical (unpaired) electrons. The van der Waals surface area contributed by atoms with Crippen LogP contribution in [0, 0.1) is 6.92 Å². The van der Waals surface area contributed by atoms with Crippen LogP contribution in [0.15, 0.2) is 6.20 Å². The first-order valence-corrected chi connectivity index (χ1v) is 7.46. The maximum Gasteiger partial charge on any atom is 0.163 e. The third-order valence-corrected chi connectivity index (χ3v) is 3.84. The summed E-state index contributed by atoms with van der Waals surface area (Å²) in [6.07, 6.45) is 2.83. The normalized spacial score (nSPS) is 13.2. The minimum atomic E-state index is -0.193. The predicted octanol–water partition coefficient (Wildman–Crippen LogP) is 2.66. The highest BCUT2D eigenvalue weighted by Crippen LogP contribution is 2.30. The molecule has 7 heteroatoms. The summed E-state index contributed by atoms with van der Waals surface area (Å²) in [5.41, 5.74) is 4.81. The molecule has 0 bridgehead atoms. The van der Waals surface area contributed by atoms with Crippen LogP contribution >= 0.6 is 11.6 Å². The van der Waals surface area contributed by atoms with Crippen LogP contribution in [0.1, 0.15) is 36.4 Å². The molecular weight excluding hydrogens is 288 g/mol. The van der Waals surface area contributed by atoms with Gasteiger partial charge in [0.25, 0.3) is 0 Å². The van der Waals surface area contributed by atoms with Gasteiger partial charge in [0.2, 0.25) is 0 Å². The molecule has 3 heterocycles. The Hall–Kier alpha value is -1.82. The van der Waals surface area contributed by atoms with Crippen molar-refractivity contribution in [2.45, 2.75) is 32.6 Å². The lowest BCUT2D eigenvalue weighted by atomic mass is 10.3. The summed E-state index contributed by atoms with van der Waals surface area (Å²) in [4.78, 5) is 4.74. The number of imidazole rings is 1.